The van der Waals surface area contributed by atoms with E-state index in [1.165, 1.54) is 0 Å². The summed E-state index contributed by atoms with van der Waals surface area (Å²) in [5.41, 5.74) is -0.510. The Morgan fingerprint density at radius 3 is 2.55 bits per heavy atom. The van der Waals surface area contributed by atoms with Crippen molar-refractivity contribution >= 4 is 5.97 Å². The standard InChI is InChI=1S/C15H23NO4/c1-3-16-15(14(17)18,12-20-11-7-10-19-2)13-8-5-4-6-9-13/h4-6,8-9,16H,3,7,10-12H2,1-2H3,(H,17,18). The van der Waals surface area contributed by atoms with Crippen molar-refractivity contribution < 1.29 is 19.4 Å². The molecule has 0 aromatic heterocycles. The maximum absolute atomic E-state index is 11.8. The van der Waals surface area contributed by atoms with Gasteiger partial charge in [0.25, 0.3) is 0 Å². The Balaban J connectivity index is 2.81. The van der Waals surface area contributed by atoms with E-state index < -0.39 is 11.5 Å². The van der Waals surface area contributed by atoms with Crippen LogP contribution < -0.4 is 5.32 Å². The number of ether oxygens (including phenoxy) is 2. The van der Waals surface area contributed by atoms with Crippen molar-refractivity contribution in [2.45, 2.75) is 18.9 Å². The summed E-state index contributed by atoms with van der Waals surface area (Å²) >= 11 is 0. The van der Waals surface area contributed by atoms with Gasteiger partial charge in [0.1, 0.15) is 0 Å². The molecule has 0 aliphatic rings. The molecular formula is C15H23NO4. The first-order valence-electron chi connectivity index (χ1n) is 6.78. The Labute approximate surface area is 119 Å². The molecule has 2 N–H and O–H groups in total. The summed E-state index contributed by atoms with van der Waals surface area (Å²) in [5.74, 6) is -0.933. The number of methoxy groups -OCH3 is 1. The number of carboxylic acid groups (broad SMARTS) is 1. The van der Waals surface area contributed by atoms with E-state index in [9.17, 15) is 9.90 Å². The van der Waals surface area contributed by atoms with Crippen molar-refractivity contribution in [2.24, 2.45) is 0 Å². The predicted octanol–water partition coefficient (Wildman–Crippen LogP) is 1.63. The number of benzene rings is 1. The average Bonchev–Trinajstić information content (AvgIpc) is 2.46. The van der Waals surface area contributed by atoms with E-state index in [2.05, 4.69) is 5.32 Å². The van der Waals surface area contributed by atoms with E-state index in [1.807, 2.05) is 25.1 Å². The third kappa shape index (κ3) is 4.30. The molecule has 1 aromatic carbocycles. The van der Waals surface area contributed by atoms with E-state index in [0.717, 1.165) is 6.42 Å². The summed E-state index contributed by atoms with van der Waals surface area (Å²) in [6.45, 7) is 3.59. The van der Waals surface area contributed by atoms with Crippen LogP contribution in [0.3, 0.4) is 0 Å². The van der Waals surface area contributed by atoms with Crippen LogP contribution in [0.15, 0.2) is 30.3 Å². The number of carboxylic acids is 1. The van der Waals surface area contributed by atoms with E-state index in [0.29, 0.717) is 25.3 Å². The van der Waals surface area contributed by atoms with Crippen molar-refractivity contribution in [1.82, 2.24) is 5.32 Å². The molecule has 20 heavy (non-hydrogen) atoms. The van der Waals surface area contributed by atoms with Gasteiger partial charge in [0.05, 0.1) is 6.61 Å². The molecule has 0 bridgehead atoms. The Bertz CT molecular complexity index is 396. The molecule has 0 aliphatic heterocycles. The molecule has 0 saturated heterocycles. The highest BCUT2D eigenvalue weighted by Crippen LogP contribution is 2.22. The van der Waals surface area contributed by atoms with E-state index in [4.69, 9.17) is 9.47 Å². The van der Waals surface area contributed by atoms with E-state index in [-0.39, 0.29) is 6.61 Å². The summed E-state index contributed by atoms with van der Waals surface area (Å²) in [6, 6.07) is 9.12. The van der Waals surface area contributed by atoms with Gasteiger partial charge in [0, 0.05) is 20.3 Å². The molecule has 0 saturated carbocycles. The lowest BCUT2D eigenvalue weighted by molar-refractivity contribution is -0.148. The van der Waals surface area contributed by atoms with Gasteiger partial charge in [-0.05, 0) is 18.5 Å². The molecular weight excluding hydrogens is 258 g/mol. The van der Waals surface area contributed by atoms with Gasteiger partial charge in [-0.15, -0.1) is 0 Å². The minimum absolute atomic E-state index is 0.0872. The number of hydrogen-bond acceptors (Lipinski definition) is 4. The van der Waals surface area contributed by atoms with E-state index in [1.54, 1.807) is 19.2 Å². The Kier molecular flexibility index (Phi) is 7.22. The fourth-order valence-corrected chi connectivity index (χ4v) is 2.05. The van der Waals surface area contributed by atoms with Crippen LogP contribution in [0.5, 0.6) is 0 Å². The SMILES string of the molecule is CCNC(COCCCOC)(C(=O)O)c1ccccc1. The molecule has 1 atom stereocenters. The van der Waals surface area contributed by atoms with Crippen LogP contribution in [0, 0.1) is 0 Å². The zero-order valence-corrected chi connectivity index (χ0v) is 12.1. The fraction of sp³-hybridized carbons (Fsp3) is 0.533. The minimum atomic E-state index is -1.21. The molecule has 5 heteroatoms. The molecule has 1 rings (SSSR count). The lowest BCUT2D eigenvalue weighted by atomic mass is 9.90. The molecule has 1 aromatic rings. The van der Waals surface area contributed by atoms with Crippen LogP contribution >= 0.6 is 0 Å². The third-order valence-electron chi connectivity index (χ3n) is 3.07. The van der Waals surface area contributed by atoms with Gasteiger partial charge in [-0.2, -0.15) is 0 Å². The molecule has 112 valence electrons. The van der Waals surface area contributed by atoms with Crippen LogP contribution in [0.4, 0.5) is 0 Å². The first-order valence-corrected chi connectivity index (χ1v) is 6.78. The van der Waals surface area contributed by atoms with Crippen molar-refractivity contribution in [1.29, 1.82) is 0 Å². The lowest BCUT2D eigenvalue weighted by Gasteiger charge is -2.30. The predicted molar refractivity (Wildman–Crippen MR) is 76.7 cm³/mol. The smallest absolute Gasteiger partial charge is 0.331 e. The van der Waals surface area contributed by atoms with Crippen LogP contribution in [0.1, 0.15) is 18.9 Å². The molecule has 0 amide bonds. The minimum Gasteiger partial charge on any atom is -0.480 e. The van der Waals surface area contributed by atoms with Gasteiger partial charge in [0.2, 0.25) is 0 Å². The Morgan fingerprint density at radius 1 is 1.30 bits per heavy atom. The molecule has 0 spiro atoms. The first-order chi connectivity index (χ1) is 9.67. The van der Waals surface area contributed by atoms with Gasteiger partial charge in [-0.1, -0.05) is 37.3 Å². The second kappa shape index (κ2) is 8.68. The lowest BCUT2D eigenvalue weighted by Crippen LogP contribution is -2.52. The van der Waals surface area contributed by atoms with Crippen molar-refractivity contribution in [3.8, 4) is 0 Å². The second-order valence-electron chi connectivity index (χ2n) is 4.51. The van der Waals surface area contributed by atoms with Gasteiger partial charge in [-0.25, -0.2) is 4.79 Å². The molecule has 0 heterocycles. The van der Waals surface area contributed by atoms with Gasteiger partial charge < -0.3 is 14.6 Å². The van der Waals surface area contributed by atoms with Gasteiger partial charge >= 0.3 is 5.97 Å². The normalized spacial score (nSPS) is 13.9. The first kappa shape index (κ1) is 16.6. The number of likely N-dealkylation sites (N-methyl/N-ethyl adjacent to an activating group) is 1. The molecule has 0 radical (unpaired) electrons. The maximum atomic E-state index is 11.8. The molecule has 1 unspecified atom stereocenters. The van der Waals surface area contributed by atoms with E-state index >= 15 is 0 Å². The monoisotopic (exact) mass is 281 g/mol. The zero-order chi connectivity index (χ0) is 14.8. The highest BCUT2D eigenvalue weighted by Gasteiger charge is 2.39. The summed E-state index contributed by atoms with van der Waals surface area (Å²) < 4.78 is 10.5. The molecule has 0 fully saturated rings. The van der Waals surface area contributed by atoms with Crippen molar-refractivity contribution in [3.63, 3.8) is 0 Å². The number of aliphatic carboxylic acids is 1. The van der Waals surface area contributed by atoms with Crippen LogP contribution in [-0.2, 0) is 19.8 Å². The highest BCUT2D eigenvalue weighted by molar-refractivity contribution is 5.81. The largest absolute Gasteiger partial charge is 0.480 e. The second-order valence-corrected chi connectivity index (χ2v) is 4.51. The number of hydrogen-bond donors (Lipinski definition) is 2. The number of rotatable bonds is 10. The third-order valence-corrected chi connectivity index (χ3v) is 3.07. The van der Waals surface area contributed by atoms with Crippen molar-refractivity contribution in [2.75, 3.05) is 33.5 Å². The zero-order valence-electron chi connectivity index (χ0n) is 12.1. The Morgan fingerprint density at radius 2 is 2.00 bits per heavy atom. The number of nitrogens with one attached hydrogen (secondary N) is 1. The van der Waals surface area contributed by atoms with Crippen LogP contribution in [0.2, 0.25) is 0 Å². The quantitative estimate of drug-likeness (QED) is 0.638. The molecule has 0 aliphatic carbocycles. The molecule has 5 nitrogen and oxygen atoms in total. The summed E-state index contributed by atoms with van der Waals surface area (Å²) in [4.78, 5) is 11.8. The average molecular weight is 281 g/mol. The maximum Gasteiger partial charge on any atom is 0.331 e. The summed E-state index contributed by atoms with van der Waals surface area (Å²) in [7, 11) is 1.63. The highest BCUT2D eigenvalue weighted by atomic mass is 16.5. The van der Waals surface area contributed by atoms with Crippen LogP contribution in [-0.4, -0.2) is 44.6 Å². The summed E-state index contributed by atoms with van der Waals surface area (Å²) in [5, 5.41) is 12.7. The van der Waals surface area contributed by atoms with Crippen LogP contribution in [0.25, 0.3) is 0 Å². The Hall–Kier alpha value is -1.43. The number of carbonyl (C=O) groups is 1. The van der Waals surface area contributed by atoms with Crippen molar-refractivity contribution in [3.05, 3.63) is 35.9 Å². The summed E-state index contributed by atoms with van der Waals surface area (Å²) in [6.07, 6.45) is 0.743. The van der Waals surface area contributed by atoms with Gasteiger partial charge in [-0.3, -0.25) is 5.32 Å². The fourth-order valence-electron chi connectivity index (χ4n) is 2.05. The van der Waals surface area contributed by atoms with Gasteiger partial charge in [0.15, 0.2) is 5.54 Å². The topological polar surface area (TPSA) is 67.8 Å².